The number of benzene rings is 1. The molecule has 1 unspecified atom stereocenters. The largest absolute Gasteiger partial charge is 0.381 e. The second-order valence-corrected chi connectivity index (χ2v) is 7.44. The van der Waals surface area contributed by atoms with E-state index in [1.54, 1.807) is 11.3 Å². The third-order valence-corrected chi connectivity index (χ3v) is 5.82. The highest BCUT2D eigenvalue weighted by Crippen LogP contribution is 2.31. The highest BCUT2D eigenvalue weighted by Gasteiger charge is 2.31. The van der Waals surface area contributed by atoms with Crippen molar-refractivity contribution >= 4 is 32.6 Å². The van der Waals surface area contributed by atoms with Crippen LogP contribution in [0.4, 0.5) is 5.13 Å². The molecular weight excluding hydrogens is 324 g/mol. The lowest BCUT2D eigenvalue weighted by Gasteiger charge is -2.29. The molecule has 0 N–H and O–H groups in total. The highest BCUT2D eigenvalue weighted by molar-refractivity contribution is 7.22. The van der Waals surface area contributed by atoms with Crippen molar-refractivity contribution in [3.63, 3.8) is 0 Å². The first-order valence-electron chi connectivity index (χ1n) is 8.67. The molecule has 3 heterocycles. The van der Waals surface area contributed by atoms with Crippen LogP contribution < -0.4 is 4.90 Å². The second kappa shape index (κ2) is 7.17. The van der Waals surface area contributed by atoms with E-state index in [4.69, 9.17) is 14.5 Å². The lowest BCUT2D eigenvalue weighted by Crippen LogP contribution is -2.42. The fraction of sp³-hybridized carbons (Fsp3) is 0.556. The molecule has 0 saturated carbocycles. The van der Waals surface area contributed by atoms with Gasteiger partial charge in [0.05, 0.1) is 22.9 Å². The molecule has 5 nitrogen and oxygen atoms in total. The minimum atomic E-state index is 0.0344. The van der Waals surface area contributed by atoms with E-state index in [-0.39, 0.29) is 17.9 Å². The fourth-order valence-electron chi connectivity index (χ4n) is 3.39. The molecule has 2 aliphatic heterocycles. The van der Waals surface area contributed by atoms with Crippen LogP contribution in [0.25, 0.3) is 10.2 Å². The van der Waals surface area contributed by atoms with Crippen LogP contribution in [0.3, 0.4) is 0 Å². The topological polar surface area (TPSA) is 51.7 Å². The number of carbonyl (C=O) groups excluding carboxylic acids is 1. The lowest BCUT2D eigenvalue weighted by atomic mass is 9.98. The molecule has 2 saturated heterocycles. The maximum Gasteiger partial charge on any atom is 0.232 e. The van der Waals surface area contributed by atoms with Gasteiger partial charge < -0.3 is 9.47 Å². The molecule has 2 aromatic rings. The number of hydrogen-bond donors (Lipinski definition) is 0. The number of thiazole rings is 1. The first kappa shape index (κ1) is 16.0. The number of rotatable bonds is 4. The van der Waals surface area contributed by atoms with Crippen LogP contribution >= 0.6 is 11.3 Å². The van der Waals surface area contributed by atoms with E-state index in [2.05, 4.69) is 6.07 Å². The maximum absolute atomic E-state index is 13.1. The van der Waals surface area contributed by atoms with E-state index < -0.39 is 0 Å². The van der Waals surface area contributed by atoms with Crippen molar-refractivity contribution in [2.75, 3.05) is 31.3 Å². The van der Waals surface area contributed by atoms with Crippen LogP contribution in [-0.2, 0) is 14.3 Å². The van der Waals surface area contributed by atoms with Gasteiger partial charge in [-0.15, -0.1) is 0 Å². The first-order valence-corrected chi connectivity index (χ1v) is 9.49. The summed E-state index contributed by atoms with van der Waals surface area (Å²) in [4.78, 5) is 19.7. The number of fused-ring (bicyclic) bond motifs is 1. The number of aromatic nitrogens is 1. The van der Waals surface area contributed by atoms with Crippen molar-refractivity contribution in [1.29, 1.82) is 0 Å². The Kier molecular flexibility index (Phi) is 4.78. The Morgan fingerprint density at radius 1 is 1.21 bits per heavy atom. The van der Waals surface area contributed by atoms with Gasteiger partial charge in [0, 0.05) is 25.7 Å². The lowest BCUT2D eigenvalue weighted by molar-refractivity contribution is -0.125. The molecule has 1 atom stereocenters. The predicted molar refractivity (Wildman–Crippen MR) is 94.5 cm³/mol. The summed E-state index contributed by atoms with van der Waals surface area (Å²) in [5.41, 5.74) is 0.953. The van der Waals surface area contributed by atoms with Gasteiger partial charge in [0.2, 0.25) is 5.91 Å². The molecule has 2 aliphatic rings. The molecule has 1 aromatic carbocycles. The highest BCUT2D eigenvalue weighted by atomic mass is 32.1. The van der Waals surface area contributed by atoms with E-state index in [9.17, 15) is 4.79 Å². The molecule has 128 valence electrons. The van der Waals surface area contributed by atoms with Crippen LogP contribution in [0.2, 0.25) is 0 Å². The van der Waals surface area contributed by atoms with Gasteiger partial charge in [0.1, 0.15) is 0 Å². The average molecular weight is 346 g/mol. The van der Waals surface area contributed by atoms with Crippen LogP contribution in [0.1, 0.15) is 25.7 Å². The Labute approximate surface area is 145 Å². The van der Waals surface area contributed by atoms with Gasteiger partial charge in [0.25, 0.3) is 0 Å². The van der Waals surface area contributed by atoms with Crippen LogP contribution in [0.15, 0.2) is 24.3 Å². The first-order chi connectivity index (χ1) is 11.8. The van der Waals surface area contributed by atoms with Gasteiger partial charge in [0.15, 0.2) is 5.13 Å². The minimum Gasteiger partial charge on any atom is -0.381 e. The van der Waals surface area contributed by atoms with Gasteiger partial charge in [-0.25, -0.2) is 4.98 Å². The molecule has 1 amide bonds. The van der Waals surface area contributed by atoms with Crippen molar-refractivity contribution in [1.82, 2.24) is 4.98 Å². The third-order valence-electron chi connectivity index (χ3n) is 4.76. The zero-order valence-electron chi connectivity index (χ0n) is 13.6. The Morgan fingerprint density at radius 2 is 2.04 bits per heavy atom. The van der Waals surface area contributed by atoms with E-state index in [1.807, 2.05) is 23.1 Å². The smallest absolute Gasteiger partial charge is 0.232 e. The van der Waals surface area contributed by atoms with Crippen molar-refractivity contribution < 1.29 is 14.3 Å². The Morgan fingerprint density at radius 3 is 2.79 bits per heavy atom. The van der Waals surface area contributed by atoms with Gasteiger partial charge >= 0.3 is 0 Å². The number of nitrogens with zero attached hydrogens (tertiary/aromatic N) is 2. The summed E-state index contributed by atoms with van der Waals surface area (Å²) in [6.45, 7) is 2.74. The maximum atomic E-state index is 13.1. The monoisotopic (exact) mass is 346 g/mol. The summed E-state index contributed by atoms with van der Waals surface area (Å²) < 4.78 is 12.3. The van der Waals surface area contributed by atoms with Crippen LogP contribution in [0.5, 0.6) is 0 Å². The SMILES string of the molecule is O=C(C1CCOCC1)N(CC1CCCO1)c1nc2ccccc2s1. The zero-order chi connectivity index (χ0) is 16.4. The molecule has 6 heteroatoms. The molecule has 0 radical (unpaired) electrons. The summed E-state index contributed by atoms with van der Waals surface area (Å²) in [6, 6.07) is 8.05. The van der Waals surface area contributed by atoms with E-state index in [0.717, 1.165) is 47.6 Å². The summed E-state index contributed by atoms with van der Waals surface area (Å²) in [5, 5.41) is 0.795. The fourth-order valence-corrected chi connectivity index (χ4v) is 4.37. The van der Waals surface area contributed by atoms with Crippen molar-refractivity contribution in [2.45, 2.75) is 31.8 Å². The second-order valence-electron chi connectivity index (χ2n) is 6.43. The normalized spacial score (nSPS) is 22.1. The Balaban J connectivity index is 1.61. The zero-order valence-corrected chi connectivity index (χ0v) is 14.5. The molecule has 0 spiro atoms. The molecular formula is C18H22N2O3S. The van der Waals surface area contributed by atoms with Gasteiger partial charge in [-0.3, -0.25) is 9.69 Å². The summed E-state index contributed by atoms with van der Waals surface area (Å²) >= 11 is 1.59. The van der Waals surface area contributed by atoms with E-state index >= 15 is 0 Å². The number of carbonyl (C=O) groups is 1. The molecule has 2 fully saturated rings. The molecule has 4 rings (SSSR count). The average Bonchev–Trinajstić information content (AvgIpc) is 3.29. The van der Waals surface area contributed by atoms with Gasteiger partial charge in [-0.2, -0.15) is 0 Å². The molecule has 1 aromatic heterocycles. The molecule has 24 heavy (non-hydrogen) atoms. The minimum absolute atomic E-state index is 0.0344. The van der Waals surface area contributed by atoms with Crippen molar-refractivity contribution in [2.24, 2.45) is 5.92 Å². The standard InChI is InChI=1S/C18H22N2O3S/c21-17(13-7-10-22-11-8-13)20(12-14-4-3-9-23-14)18-19-15-5-1-2-6-16(15)24-18/h1-2,5-6,13-14H,3-4,7-12H2. The number of anilines is 1. The Hall–Kier alpha value is -1.50. The third kappa shape index (κ3) is 3.31. The van der Waals surface area contributed by atoms with E-state index in [1.165, 1.54) is 0 Å². The van der Waals surface area contributed by atoms with Gasteiger partial charge in [-0.1, -0.05) is 23.5 Å². The number of amides is 1. The molecule has 0 bridgehead atoms. The van der Waals surface area contributed by atoms with Crippen molar-refractivity contribution in [3.05, 3.63) is 24.3 Å². The summed E-state index contributed by atoms with van der Waals surface area (Å²) in [5.74, 6) is 0.208. The quantitative estimate of drug-likeness (QED) is 0.853. The predicted octanol–water partition coefficient (Wildman–Crippen LogP) is 3.23. The summed E-state index contributed by atoms with van der Waals surface area (Å²) in [6.07, 6.45) is 3.81. The molecule has 0 aliphatic carbocycles. The number of para-hydroxylation sites is 1. The summed E-state index contributed by atoms with van der Waals surface area (Å²) in [7, 11) is 0. The Bertz CT molecular complexity index is 672. The van der Waals surface area contributed by atoms with Crippen molar-refractivity contribution in [3.8, 4) is 0 Å². The number of hydrogen-bond acceptors (Lipinski definition) is 5. The number of ether oxygens (including phenoxy) is 2. The van der Waals surface area contributed by atoms with Crippen LogP contribution in [0, 0.1) is 5.92 Å². The van der Waals surface area contributed by atoms with Gasteiger partial charge in [-0.05, 0) is 37.8 Å². The van der Waals surface area contributed by atoms with Crippen LogP contribution in [-0.4, -0.2) is 43.4 Å². The van der Waals surface area contributed by atoms with E-state index in [0.29, 0.717) is 19.8 Å².